The number of halogens is 3. The summed E-state index contributed by atoms with van der Waals surface area (Å²) in [5, 5.41) is 5.78. The second-order valence-electron chi connectivity index (χ2n) is 5.22. The van der Waals surface area contributed by atoms with Crippen molar-refractivity contribution in [2.45, 2.75) is 55.4 Å². The molecule has 1 amide bonds. The fourth-order valence-electron chi connectivity index (χ4n) is 2.02. The first-order chi connectivity index (χ1) is 10.4. The Morgan fingerprint density at radius 1 is 1.09 bits per heavy atom. The summed E-state index contributed by atoms with van der Waals surface area (Å²) < 4.78 is -1.63. The molecule has 6 heteroatoms. The van der Waals surface area contributed by atoms with Gasteiger partial charge in [0.1, 0.15) is 6.17 Å². The van der Waals surface area contributed by atoms with Gasteiger partial charge in [-0.15, -0.1) is 0 Å². The Morgan fingerprint density at radius 3 is 2.32 bits per heavy atom. The fraction of sp³-hybridized carbons (Fsp3) is 0.562. The largest absolute Gasteiger partial charge is 0.362 e. The van der Waals surface area contributed by atoms with Gasteiger partial charge in [0.2, 0.25) is 9.70 Å². The summed E-state index contributed by atoms with van der Waals surface area (Å²) in [6.07, 6.45) is 5.10. The van der Waals surface area contributed by atoms with E-state index in [1.807, 2.05) is 30.3 Å². The van der Waals surface area contributed by atoms with Crippen LogP contribution in [0.5, 0.6) is 0 Å². The van der Waals surface area contributed by atoms with Crippen LogP contribution in [0, 0.1) is 0 Å². The van der Waals surface area contributed by atoms with E-state index >= 15 is 0 Å². The lowest BCUT2D eigenvalue weighted by atomic mass is 10.1. The topological polar surface area (TPSA) is 41.1 Å². The molecular weight excluding hydrogens is 343 g/mol. The molecule has 0 saturated carbocycles. The minimum atomic E-state index is -1.63. The van der Waals surface area contributed by atoms with Crippen molar-refractivity contribution in [2.24, 2.45) is 0 Å². The van der Waals surface area contributed by atoms with Gasteiger partial charge in [-0.05, 0) is 18.6 Å². The van der Waals surface area contributed by atoms with E-state index in [0.717, 1.165) is 24.9 Å². The summed E-state index contributed by atoms with van der Waals surface area (Å²) in [6, 6.07) is 9.33. The van der Waals surface area contributed by atoms with Crippen LogP contribution in [0.2, 0.25) is 0 Å². The molecule has 3 nitrogen and oxygen atoms in total. The first-order valence-electron chi connectivity index (χ1n) is 7.61. The Labute approximate surface area is 147 Å². The van der Waals surface area contributed by atoms with E-state index < -0.39 is 9.96 Å². The highest BCUT2D eigenvalue weighted by molar-refractivity contribution is 6.68. The molecule has 0 aliphatic rings. The molecule has 0 fully saturated rings. The molecule has 1 aromatic carbocycles. The Bertz CT molecular complexity index is 435. The molecule has 0 aromatic heterocycles. The first kappa shape index (κ1) is 19.4. The average molecular weight is 366 g/mol. The Hall–Kier alpha value is -0.640. The third-order valence-corrected chi connectivity index (χ3v) is 3.88. The number of carbonyl (C=O) groups excluding carboxylic acids is 1. The van der Waals surface area contributed by atoms with Crippen LogP contribution in [0.1, 0.15) is 45.4 Å². The molecule has 0 aliphatic carbocycles. The summed E-state index contributed by atoms with van der Waals surface area (Å²) in [7, 11) is 0. The van der Waals surface area contributed by atoms with Crippen molar-refractivity contribution in [3.8, 4) is 0 Å². The van der Waals surface area contributed by atoms with Crippen molar-refractivity contribution in [1.82, 2.24) is 5.32 Å². The van der Waals surface area contributed by atoms with Crippen molar-refractivity contribution < 1.29 is 4.79 Å². The normalized spacial score (nSPS) is 12.7. The minimum Gasteiger partial charge on any atom is -0.362 e. The number of carbonyl (C=O) groups is 1. The highest BCUT2D eigenvalue weighted by atomic mass is 35.6. The van der Waals surface area contributed by atoms with Gasteiger partial charge < -0.3 is 10.6 Å². The number of rotatable bonds is 9. The Morgan fingerprint density at radius 2 is 1.73 bits per heavy atom. The lowest BCUT2D eigenvalue weighted by molar-refractivity contribution is -0.121. The van der Waals surface area contributed by atoms with E-state index in [1.54, 1.807) is 0 Å². The summed E-state index contributed by atoms with van der Waals surface area (Å²) in [6.45, 7) is 2.16. The zero-order valence-electron chi connectivity index (χ0n) is 12.7. The number of para-hydroxylation sites is 1. The van der Waals surface area contributed by atoms with E-state index in [9.17, 15) is 4.79 Å². The Balaban J connectivity index is 2.46. The van der Waals surface area contributed by atoms with Gasteiger partial charge in [-0.25, -0.2) is 0 Å². The molecule has 0 spiro atoms. The van der Waals surface area contributed by atoms with Crippen LogP contribution >= 0.6 is 34.8 Å². The zero-order chi connectivity index (χ0) is 16.4. The second kappa shape index (κ2) is 10.2. The summed E-state index contributed by atoms with van der Waals surface area (Å²) in [5.41, 5.74) is 0.780. The first-order valence-corrected chi connectivity index (χ1v) is 8.74. The minimum absolute atomic E-state index is 0.115. The van der Waals surface area contributed by atoms with E-state index in [1.165, 1.54) is 12.8 Å². The van der Waals surface area contributed by atoms with Crippen molar-refractivity contribution in [2.75, 3.05) is 5.32 Å². The van der Waals surface area contributed by atoms with Gasteiger partial charge in [-0.3, -0.25) is 4.79 Å². The van der Waals surface area contributed by atoms with Crippen molar-refractivity contribution in [3.05, 3.63) is 30.3 Å². The maximum atomic E-state index is 12.0. The standard InChI is InChI=1S/C16H23Cl3N2O/c1-2-3-4-5-9-12-14(22)21-15(16(17,18)19)20-13-10-7-6-8-11-13/h6-8,10-11,15,20H,2-5,9,12H2,1H3,(H,21,22)/t15-/m1/s1. The predicted octanol–water partition coefficient (Wildman–Crippen LogP) is 5.27. The lowest BCUT2D eigenvalue weighted by Gasteiger charge is -2.27. The molecule has 0 aliphatic heterocycles. The van der Waals surface area contributed by atoms with Crippen LogP contribution in [-0.2, 0) is 4.79 Å². The highest BCUT2D eigenvalue weighted by Crippen LogP contribution is 2.31. The molecule has 0 saturated heterocycles. The van der Waals surface area contributed by atoms with Crippen molar-refractivity contribution in [3.63, 3.8) is 0 Å². The molecule has 1 aromatic rings. The molecule has 0 bridgehead atoms. The number of unbranched alkanes of at least 4 members (excludes halogenated alkanes) is 4. The van der Waals surface area contributed by atoms with Gasteiger partial charge in [0.25, 0.3) is 0 Å². The molecule has 0 radical (unpaired) electrons. The number of nitrogens with one attached hydrogen (secondary N) is 2. The summed E-state index contributed by atoms with van der Waals surface area (Å²) in [5.74, 6) is -0.115. The second-order valence-corrected chi connectivity index (χ2v) is 7.59. The predicted molar refractivity (Wildman–Crippen MR) is 95.7 cm³/mol. The van der Waals surface area contributed by atoms with Gasteiger partial charge in [-0.1, -0.05) is 85.6 Å². The monoisotopic (exact) mass is 364 g/mol. The summed E-state index contributed by atoms with van der Waals surface area (Å²) >= 11 is 17.8. The van der Waals surface area contributed by atoms with Crippen LogP contribution < -0.4 is 10.6 Å². The summed E-state index contributed by atoms with van der Waals surface area (Å²) in [4.78, 5) is 12.0. The van der Waals surface area contributed by atoms with E-state index in [-0.39, 0.29) is 5.91 Å². The SMILES string of the molecule is CCCCCCCC(=O)N[C@@H](Nc1ccccc1)C(Cl)(Cl)Cl. The van der Waals surface area contributed by atoms with Gasteiger partial charge in [0.05, 0.1) is 0 Å². The average Bonchev–Trinajstić information content (AvgIpc) is 2.46. The molecule has 0 heterocycles. The number of hydrogen-bond donors (Lipinski definition) is 2. The molecule has 0 unspecified atom stereocenters. The van der Waals surface area contributed by atoms with Crippen LogP contribution in [0.15, 0.2) is 30.3 Å². The molecular formula is C16H23Cl3N2O. The van der Waals surface area contributed by atoms with Crippen LogP contribution in [-0.4, -0.2) is 15.9 Å². The van der Waals surface area contributed by atoms with E-state index in [2.05, 4.69) is 17.6 Å². The van der Waals surface area contributed by atoms with Gasteiger partial charge in [-0.2, -0.15) is 0 Å². The van der Waals surface area contributed by atoms with E-state index in [4.69, 9.17) is 34.8 Å². The quantitative estimate of drug-likeness (QED) is 0.355. The third-order valence-electron chi connectivity index (χ3n) is 3.22. The molecule has 2 N–H and O–H groups in total. The number of anilines is 1. The molecule has 124 valence electrons. The number of amides is 1. The lowest BCUT2D eigenvalue weighted by Crippen LogP contribution is -2.49. The fourth-order valence-corrected chi connectivity index (χ4v) is 2.35. The maximum Gasteiger partial charge on any atom is 0.228 e. The molecule has 1 atom stereocenters. The highest BCUT2D eigenvalue weighted by Gasteiger charge is 2.33. The molecule has 1 rings (SSSR count). The van der Waals surface area contributed by atoms with E-state index in [0.29, 0.717) is 6.42 Å². The maximum absolute atomic E-state index is 12.0. The number of hydrogen-bond acceptors (Lipinski definition) is 2. The number of alkyl halides is 3. The van der Waals surface area contributed by atoms with Gasteiger partial charge >= 0.3 is 0 Å². The van der Waals surface area contributed by atoms with Crippen LogP contribution in [0.4, 0.5) is 5.69 Å². The van der Waals surface area contributed by atoms with Crippen molar-refractivity contribution >= 4 is 46.4 Å². The molecule has 22 heavy (non-hydrogen) atoms. The number of benzene rings is 1. The van der Waals surface area contributed by atoms with Gasteiger partial charge in [0, 0.05) is 12.1 Å². The van der Waals surface area contributed by atoms with Gasteiger partial charge in [0.15, 0.2) is 0 Å². The third kappa shape index (κ3) is 8.11. The zero-order valence-corrected chi connectivity index (χ0v) is 15.0. The van der Waals surface area contributed by atoms with Crippen molar-refractivity contribution in [1.29, 1.82) is 0 Å². The van der Waals surface area contributed by atoms with Crippen LogP contribution in [0.3, 0.4) is 0 Å². The smallest absolute Gasteiger partial charge is 0.228 e. The van der Waals surface area contributed by atoms with Crippen LogP contribution in [0.25, 0.3) is 0 Å². The Kier molecular flexibility index (Phi) is 8.99.